The highest BCUT2D eigenvalue weighted by Crippen LogP contribution is 2.36. The molecule has 1 aliphatic rings. The summed E-state index contributed by atoms with van der Waals surface area (Å²) in [5.41, 5.74) is -0.939. The van der Waals surface area contributed by atoms with Crippen LogP contribution in [0.15, 0.2) is 54.1 Å². The molecule has 0 saturated heterocycles. The number of alkyl halides is 6. The Hall–Kier alpha value is -2.52. The number of hydrogen-bond donors (Lipinski definition) is 1. The van der Waals surface area contributed by atoms with Gasteiger partial charge in [0.25, 0.3) is 0 Å². The van der Waals surface area contributed by atoms with E-state index in [0.717, 1.165) is 16.0 Å². The number of carbonyl (C=O) groups is 1. The monoisotopic (exact) mass is 478 g/mol. The molecule has 0 aliphatic carbocycles. The summed E-state index contributed by atoms with van der Waals surface area (Å²) in [6.07, 6.45) is -9.46. The fourth-order valence-corrected chi connectivity index (χ4v) is 3.52. The van der Waals surface area contributed by atoms with Gasteiger partial charge in [0.15, 0.2) is 0 Å². The van der Waals surface area contributed by atoms with Crippen LogP contribution in [0.5, 0.6) is 0 Å². The van der Waals surface area contributed by atoms with Crippen molar-refractivity contribution in [1.82, 2.24) is 10.2 Å². The Kier molecular flexibility index (Phi) is 8.01. The Bertz CT molecular complexity index is 954. The number of amides is 1. The maximum Gasteiger partial charge on any atom is 0.416 e. The molecular weight excluding hydrogens is 458 g/mol. The van der Waals surface area contributed by atoms with E-state index in [9.17, 15) is 31.1 Å². The average molecular weight is 479 g/mol. The van der Waals surface area contributed by atoms with Crippen LogP contribution in [0.4, 0.5) is 26.3 Å². The first kappa shape index (κ1) is 25.7. The molecule has 1 N–H and O–H groups in total. The van der Waals surface area contributed by atoms with Crippen molar-refractivity contribution in [1.29, 1.82) is 0 Å². The molecule has 0 unspecified atom stereocenters. The average Bonchev–Trinajstić information content (AvgIpc) is 2.72. The second-order valence-corrected chi connectivity index (χ2v) is 7.33. The molecule has 1 aliphatic heterocycles. The summed E-state index contributed by atoms with van der Waals surface area (Å²) < 4.78 is 78.6. The fourth-order valence-electron chi connectivity index (χ4n) is 3.52. The first-order chi connectivity index (χ1) is 14.5. The Morgan fingerprint density at radius 1 is 0.969 bits per heavy atom. The van der Waals surface area contributed by atoms with Crippen LogP contribution < -0.4 is 5.32 Å². The van der Waals surface area contributed by atoms with Gasteiger partial charge in [-0.05, 0) is 47.9 Å². The summed E-state index contributed by atoms with van der Waals surface area (Å²) in [4.78, 5) is 14.2. The maximum atomic E-state index is 13.1. The van der Waals surface area contributed by atoms with Gasteiger partial charge in [-0.1, -0.05) is 30.3 Å². The minimum Gasteiger partial charge on any atom is -0.338 e. The molecule has 0 bridgehead atoms. The smallest absolute Gasteiger partial charge is 0.338 e. The Morgan fingerprint density at radius 3 is 2.06 bits per heavy atom. The molecule has 32 heavy (non-hydrogen) atoms. The molecule has 0 fully saturated rings. The van der Waals surface area contributed by atoms with Gasteiger partial charge in [-0.15, -0.1) is 12.4 Å². The second-order valence-electron chi connectivity index (χ2n) is 7.33. The van der Waals surface area contributed by atoms with Crippen molar-refractivity contribution in [3.05, 3.63) is 76.4 Å². The van der Waals surface area contributed by atoms with Gasteiger partial charge in [0.1, 0.15) is 0 Å². The number of nitrogens with zero attached hydrogens (tertiary/aromatic N) is 1. The molecule has 3 nitrogen and oxygen atoms in total. The van der Waals surface area contributed by atoms with E-state index in [2.05, 4.69) is 5.32 Å². The molecule has 2 aromatic carbocycles. The van der Waals surface area contributed by atoms with Crippen LogP contribution in [0.2, 0.25) is 0 Å². The van der Waals surface area contributed by atoms with E-state index in [0.29, 0.717) is 37.2 Å². The van der Waals surface area contributed by atoms with E-state index in [4.69, 9.17) is 0 Å². The largest absolute Gasteiger partial charge is 0.416 e. The fraction of sp³-hybridized carbons (Fsp3) is 0.318. The third-order valence-corrected chi connectivity index (χ3v) is 5.01. The molecular formula is C22H21ClF6N2O. The number of likely N-dealkylation sites (N-methyl/N-ethyl adjacent to an activating group) is 1. The van der Waals surface area contributed by atoms with Gasteiger partial charge in [0.05, 0.1) is 11.1 Å². The molecule has 0 saturated carbocycles. The Morgan fingerprint density at radius 2 is 1.53 bits per heavy atom. The van der Waals surface area contributed by atoms with Gasteiger partial charge in [-0.25, -0.2) is 0 Å². The number of carbonyl (C=O) groups excluding carboxylic acids is 1. The summed E-state index contributed by atoms with van der Waals surface area (Å²) in [7, 11) is 1.37. The number of hydrogen-bond acceptors (Lipinski definition) is 2. The third kappa shape index (κ3) is 6.04. The molecule has 1 amide bonds. The van der Waals surface area contributed by atoms with Gasteiger partial charge in [-0.3, -0.25) is 4.79 Å². The zero-order chi connectivity index (χ0) is 22.8. The van der Waals surface area contributed by atoms with Gasteiger partial charge in [0.2, 0.25) is 5.91 Å². The van der Waals surface area contributed by atoms with Crippen LogP contribution in [0.3, 0.4) is 0 Å². The SMILES string of the molecule is CN(Cc1cc(C(F)(F)F)cc(C(F)(F)F)c1)C(=O)C1=C(c2ccccc2)CNCC1.Cl. The molecule has 0 radical (unpaired) electrons. The summed E-state index contributed by atoms with van der Waals surface area (Å²) in [5.74, 6) is -0.425. The maximum absolute atomic E-state index is 13.1. The number of halogens is 7. The molecule has 174 valence electrons. The summed E-state index contributed by atoms with van der Waals surface area (Å²) >= 11 is 0. The molecule has 10 heteroatoms. The van der Waals surface area contributed by atoms with E-state index in [1.165, 1.54) is 7.05 Å². The molecule has 1 heterocycles. The predicted octanol–water partition coefficient (Wildman–Crippen LogP) is 5.55. The van der Waals surface area contributed by atoms with Crippen LogP contribution in [0.1, 0.15) is 28.7 Å². The Labute approximate surface area is 187 Å². The highest BCUT2D eigenvalue weighted by molar-refractivity contribution is 6.01. The first-order valence-electron chi connectivity index (χ1n) is 9.49. The molecule has 2 aromatic rings. The van der Waals surface area contributed by atoms with E-state index in [1.54, 1.807) is 0 Å². The number of benzene rings is 2. The summed E-state index contributed by atoms with van der Waals surface area (Å²) in [6.45, 7) is 0.610. The molecule has 0 spiro atoms. The van der Waals surface area contributed by atoms with E-state index in [1.807, 2.05) is 30.3 Å². The lowest BCUT2D eigenvalue weighted by Gasteiger charge is -2.26. The first-order valence-corrected chi connectivity index (χ1v) is 9.49. The highest BCUT2D eigenvalue weighted by Gasteiger charge is 2.37. The minimum atomic E-state index is -4.93. The van der Waals surface area contributed by atoms with Crippen LogP contribution >= 0.6 is 12.4 Å². The predicted molar refractivity (Wildman–Crippen MR) is 111 cm³/mol. The summed E-state index contributed by atoms with van der Waals surface area (Å²) in [5, 5.41) is 3.18. The van der Waals surface area contributed by atoms with Gasteiger partial charge in [-0.2, -0.15) is 26.3 Å². The van der Waals surface area contributed by atoms with E-state index >= 15 is 0 Å². The van der Waals surface area contributed by atoms with E-state index in [-0.39, 0.29) is 30.6 Å². The highest BCUT2D eigenvalue weighted by atomic mass is 35.5. The molecule has 0 aromatic heterocycles. The zero-order valence-electron chi connectivity index (χ0n) is 17.0. The van der Waals surface area contributed by atoms with Crippen LogP contribution in [0.25, 0.3) is 5.57 Å². The Balaban J connectivity index is 0.00000363. The normalized spacial score (nSPS) is 14.7. The van der Waals surface area contributed by atoms with Crippen LogP contribution in [-0.4, -0.2) is 30.9 Å². The lowest BCUT2D eigenvalue weighted by Crippen LogP contribution is -2.34. The number of rotatable bonds is 4. The quantitative estimate of drug-likeness (QED) is 0.584. The summed E-state index contributed by atoms with van der Waals surface area (Å²) in [6, 6.07) is 10.5. The van der Waals surface area contributed by atoms with Crippen molar-refractivity contribution >= 4 is 23.9 Å². The van der Waals surface area contributed by atoms with Crippen molar-refractivity contribution in [2.45, 2.75) is 25.3 Å². The van der Waals surface area contributed by atoms with E-state index < -0.39 is 29.4 Å². The second kappa shape index (κ2) is 9.95. The minimum absolute atomic E-state index is 0. The third-order valence-electron chi connectivity index (χ3n) is 5.01. The van der Waals surface area contributed by atoms with Gasteiger partial charge in [0, 0.05) is 25.7 Å². The molecule has 0 atom stereocenters. The van der Waals surface area contributed by atoms with Crippen molar-refractivity contribution in [2.24, 2.45) is 0 Å². The lowest BCUT2D eigenvalue weighted by molar-refractivity contribution is -0.143. The lowest BCUT2D eigenvalue weighted by atomic mass is 9.94. The van der Waals surface area contributed by atoms with Crippen molar-refractivity contribution in [3.8, 4) is 0 Å². The molecule has 3 rings (SSSR count). The van der Waals surface area contributed by atoms with Gasteiger partial charge < -0.3 is 10.2 Å². The van der Waals surface area contributed by atoms with Crippen molar-refractivity contribution in [3.63, 3.8) is 0 Å². The van der Waals surface area contributed by atoms with Crippen LogP contribution in [-0.2, 0) is 23.7 Å². The van der Waals surface area contributed by atoms with Crippen molar-refractivity contribution in [2.75, 3.05) is 20.1 Å². The topological polar surface area (TPSA) is 32.3 Å². The number of nitrogens with one attached hydrogen (secondary N) is 1. The zero-order valence-corrected chi connectivity index (χ0v) is 17.8. The van der Waals surface area contributed by atoms with Crippen molar-refractivity contribution < 1.29 is 31.1 Å². The standard InChI is InChI=1S/C22H20F6N2O.ClH/c1-30(13-14-9-16(21(23,24)25)11-17(10-14)22(26,27)28)20(31)18-7-8-29-12-19(18)15-5-3-2-4-6-15;/h2-6,9-11,29H,7-8,12-13H2,1H3;1H. The van der Waals surface area contributed by atoms with Gasteiger partial charge >= 0.3 is 12.4 Å². The van der Waals surface area contributed by atoms with Crippen LogP contribution in [0, 0.1) is 0 Å².